The van der Waals surface area contributed by atoms with Crippen LogP contribution in [0.1, 0.15) is 36.7 Å². The van der Waals surface area contributed by atoms with Gasteiger partial charge >= 0.3 is 5.97 Å². The van der Waals surface area contributed by atoms with Gasteiger partial charge in [-0.3, -0.25) is 4.79 Å². The standard InChI is InChI=1S/C15H14BrNO3S/c1-7-4-5-10(6-11(7)16)13(18)17-14-12(15(19)20)8(2)9(3)21-14/h4-6H,1-3H3,(H,17,18)(H,19,20). The van der Waals surface area contributed by atoms with E-state index < -0.39 is 5.97 Å². The minimum Gasteiger partial charge on any atom is -0.478 e. The fraction of sp³-hybridized carbons (Fsp3) is 0.200. The van der Waals surface area contributed by atoms with Gasteiger partial charge in [-0.2, -0.15) is 0 Å². The number of hydrogen-bond acceptors (Lipinski definition) is 3. The molecule has 0 radical (unpaired) electrons. The van der Waals surface area contributed by atoms with Crippen LogP contribution in [-0.4, -0.2) is 17.0 Å². The van der Waals surface area contributed by atoms with Crippen molar-refractivity contribution in [3.05, 3.63) is 49.8 Å². The van der Waals surface area contributed by atoms with Gasteiger partial charge in [0.1, 0.15) is 5.00 Å². The van der Waals surface area contributed by atoms with Crippen molar-refractivity contribution < 1.29 is 14.7 Å². The number of aromatic carboxylic acids is 1. The molecule has 2 N–H and O–H groups in total. The van der Waals surface area contributed by atoms with Crippen molar-refractivity contribution in [1.82, 2.24) is 0 Å². The number of nitrogens with one attached hydrogen (secondary N) is 1. The maximum atomic E-state index is 12.3. The molecule has 0 aliphatic heterocycles. The summed E-state index contributed by atoms with van der Waals surface area (Å²) < 4.78 is 0.840. The molecule has 2 rings (SSSR count). The lowest BCUT2D eigenvalue weighted by molar-refractivity contribution is 0.0697. The first-order valence-electron chi connectivity index (χ1n) is 6.22. The third-order valence-electron chi connectivity index (χ3n) is 3.26. The van der Waals surface area contributed by atoms with Crippen LogP contribution in [0.25, 0.3) is 0 Å². The van der Waals surface area contributed by atoms with Crippen LogP contribution in [-0.2, 0) is 0 Å². The number of amides is 1. The molecule has 1 amide bonds. The number of hydrogen-bond donors (Lipinski definition) is 2. The molecule has 110 valence electrons. The molecule has 0 saturated heterocycles. The molecule has 4 nitrogen and oxygen atoms in total. The number of carboxylic acids is 1. The molecule has 0 spiro atoms. The Bertz CT molecular complexity index is 737. The molecule has 1 aromatic heterocycles. The maximum Gasteiger partial charge on any atom is 0.338 e. The molecule has 0 fully saturated rings. The Morgan fingerprint density at radius 1 is 1.24 bits per heavy atom. The third kappa shape index (κ3) is 3.16. The van der Waals surface area contributed by atoms with E-state index in [1.54, 1.807) is 19.1 Å². The number of carboxylic acid groups (broad SMARTS) is 1. The molecule has 0 bridgehead atoms. The van der Waals surface area contributed by atoms with Gasteiger partial charge < -0.3 is 10.4 Å². The minimum atomic E-state index is -1.03. The van der Waals surface area contributed by atoms with Crippen LogP contribution in [0, 0.1) is 20.8 Å². The summed E-state index contributed by atoms with van der Waals surface area (Å²) in [5, 5.41) is 12.3. The summed E-state index contributed by atoms with van der Waals surface area (Å²) in [7, 11) is 0. The van der Waals surface area contributed by atoms with Crippen molar-refractivity contribution in [2.45, 2.75) is 20.8 Å². The maximum absolute atomic E-state index is 12.3. The number of anilines is 1. The highest BCUT2D eigenvalue weighted by Crippen LogP contribution is 2.32. The zero-order valence-corrected chi connectivity index (χ0v) is 14.2. The molecule has 0 saturated carbocycles. The average Bonchev–Trinajstić information content (AvgIpc) is 2.68. The zero-order valence-electron chi connectivity index (χ0n) is 11.8. The van der Waals surface area contributed by atoms with Gasteiger partial charge in [-0.1, -0.05) is 22.0 Å². The Morgan fingerprint density at radius 3 is 2.48 bits per heavy atom. The first kappa shape index (κ1) is 15.7. The van der Waals surface area contributed by atoms with Gasteiger partial charge in [-0.15, -0.1) is 11.3 Å². The number of aryl methyl sites for hydroxylation is 2. The SMILES string of the molecule is Cc1ccc(C(=O)Nc2sc(C)c(C)c2C(=O)O)cc1Br. The third-order valence-corrected chi connectivity index (χ3v) is 5.24. The topological polar surface area (TPSA) is 66.4 Å². The van der Waals surface area contributed by atoms with E-state index in [2.05, 4.69) is 21.2 Å². The summed E-state index contributed by atoms with van der Waals surface area (Å²) in [5.74, 6) is -1.35. The minimum absolute atomic E-state index is 0.164. The van der Waals surface area contributed by atoms with Crippen LogP contribution < -0.4 is 5.32 Å². The van der Waals surface area contributed by atoms with Crippen molar-refractivity contribution in [3.63, 3.8) is 0 Å². The predicted octanol–water partition coefficient (Wildman–Crippen LogP) is 4.39. The smallest absolute Gasteiger partial charge is 0.338 e. The van der Waals surface area contributed by atoms with Crippen molar-refractivity contribution in [2.24, 2.45) is 0 Å². The lowest BCUT2D eigenvalue weighted by Crippen LogP contribution is -2.13. The van der Waals surface area contributed by atoms with Gasteiger partial charge in [-0.25, -0.2) is 4.79 Å². The fourth-order valence-corrected chi connectivity index (χ4v) is 3.31. The zero-order chi connectivity index (χ0) is 15.7. The first-order valence-corrected chi connectivity index (χ1v) is 7.83. The second kappa shape index (κ2) is 5.99. The van der Waals surface area contributed by atoms with Gasteiger partial charge in [0.05, 0.1) is 5.56 Å². The van der Waals surface area contributed by atoms with E-state index >= 15 is 0 Å². The molecule has 6 heteroatoms. The van der Waals surface area contributed by atoms with E-state index in [0.29, 0.717) is 16.1 Å². The molecule has 21 heavy (non-hydrogen) atoms. The van der Waals surface area contributed by atoms with Crippen molar-refractivity contribution in [2.75, 3.05) is 5.32 Å². The number of carbonyl (C=O) groups is 2. The van der Waals surface area contributed by atoms with Crippen LogP contribution in [0.4, 0.5) is 5.00 Å². The van der Waals surface area contributed by atoms with E-state index in [0.717, 1.165) is 14.9 Å². The molecular formula is C15H14BrNO3S. The van der Waals surface area contributed by atoms with Crippen molar-refractivity contribution >= 4 is 44.1 Å². The monoisotopic (exact) mass is 367 g/mol. The summed E-state index contributed by atoms with van der Waals surface area (Å²) in [6.45, 7) is 5.51. The van der Waals surface area contributed by atoms with Gasteiger partial charge in [-0.05, 0) is 44.0 Å². The average molecular weight is 368 g/mol. The quantitative estimate of drug-likeness (QED) is 0.845. The first-order chi connectivity index (χ1) is 9.81. The number of carbonyl (C=O) groups excluding carboxylic acids is 1. The van der Waals surface area contributed by atoms with Crippen molar-refractivity contribution in [1.29, 1.82) is 0 Å². The van der Waals surface area contributed by atoms with Crippen LogP contribution in [0.5, 0.6) is 0 Å². The largest absolute Gasteiger partial charge is 0.478 e. The molecule has 0 unspecified atom stereocenters. The van der Waals surface area contributed by atoms with Gasteiger partial charge in [0.2, 0.25) is 0 Å². The summed E-state index contributed by atoms with van der Waals surface area (Å²) in [6.07, 6.45) is 0. The molecule has 0 atom stereocenters. The molecular weight excluding hydrogens is 354 g/mol. The summed E-state index contributed by atoms with van der Waals surface area (Å²) in [6, 6.07) is 5.27. The molecule has 1 heterocycles. The molecule has 0 aliphatic rings. The van der Waals surface area contributed by atoms with E-state index in [9.17, 15) is 14.7 Å². The number of thiophene rings is 1. The lowest BCUT2D eigenvalue weighted by atomic mass is 10.1. The molecule has 0 aliphatic carbocycles. The Kier molecular flexibility index (Phi) is 4.49. The molecule has 1 aromatic carbocycles. The van der Waals surface area contributed by atoms with Gasteiger partial charge in [0.15, 0.2) is 0 Å². The van der Waals surface area contributed by atoms with E-state index in [-0.39, 0.29) is 11.5 Å². The number of halogens is 1. The summed E-state index contributed by atoms with van der Waals surface area (Å²) in [4.78, 5) is 24.5. The lowest BCUT2D eigenvalue weighted by Gasteiger charge is -2.06. The predicted molar refractivity (Wildman–Crippen MR) is 87.6 cm³/mol. The fourth-order valence-electron chi connectivity index (χ4n) is 1.88. The Balaban J connectivity index is 2.33. The van der Waals surface area contributed by atoms with Gasteiger partial charge in [0, 0.05) is 14.9 Å². The van der Waals surface area contributed by atoms with Crippen LogP contribution >= 0.6 is 27.3 Å². The Labute approximate surface area is 134 Å². The van der Waals surface area contributed by atoms with Crippen molar-refractivity contribution in [3.8, 4) is 0 Å². The highest BCUT2D eigenvalue weighted by atomic mass is 79.9. The van der Waals surface area contributed by atoms with Crippen LogP contribution in [0.3, 0.4) is 0 Å². The van der Waals surface area contributed by atoms with E-state index in [1.807, 2.05) is 19.9 Å². The second-order valence-electron chi connectivity index (χ2n) is 4.71. The summed E-state index contributed by atoms with van der Waals surface area (Å²) >= 11 is 4.66. The Hall–Kier alpha value is -1.66. The Morgan fingerprint density at radius 2 is 1.90 bits per heavy atom. The summed E-state index contributed by atoms with van der Waals surface area (Å²) in [5.41, 5.74) is 2.36. The van der Waals surface area contributed by atoms with Gasteiger partial charge in [0.25, 0.3) is 5.91 Å². The molecule has 2 aromatic rings. The van der Waals surface area contributed by atoms with Crippen LogP contribution in [0.2, 0.25) is 0 Å². The highest BCUT2D eigenvalue weighted by molar-refractivity contribution is 9.10. The second-order valence-corrected chi connectivity index (χ2v) is 6.79. The van der Waals surface area contributed by atoms with E-state index in [4.69, 9.17) is 0 Å². The highest BCUT2D eigenvalue weighted by Gasteiger charge is 2.20. The number of benzene rings is 1. The normalized spacial score (nSPS) is 10.5. The van der Waals surface area contributed by atoms with E-state index in [1.165, 1.54) is 11.3 Å². The number of rotatable bonds is 3. The van der Waals surface area contributed by atoms with Crippen LogP contribution in [0.15, 0.2) is 22.7 Å².